The van der Waals surface area contributed by atoms with Crippen LogP contribution < -0.4 is 14.8 Å². The molecule has 0 radical (unpaired) electrons. The summed E-state index contributed by atoms with van der Waals surface area (Å²) in [5.74, 6) is -0.112. The van der Waals surface area contributed by atoms with Crippen molar-refractivity contribution in [3.63, 3.8) is 0 Å². The van der Waals surface area contributed by atoms with Gasteiger partial charge >= 0.3 is 0 Å². The summed E-state index contributed by atoms with van der Waals surface area (Å²) in [6.07, 6.45) is 0. The van der Waals surface area contributed by atoms with Crippen LogP contribution in [0.1, 0.15) is 18.5 Å². The van der Waals surface area contributed by atoms with Crippen LogP contribution in [0.4, 0.5) is 0 Å². The smallest absolute Gasteiger partial charge is 0.258 e. The fourth-order valence-electron chi connectivity index (χ4n) is 2.41. The van der Waals surface area contributed by atoms with Crippen molar-refractivity contribution in [2.75, 3.05) is 26.9 Å². The fraction of sp³-hybridized carbons (Fsp3) is 0.316. The van der Waals surface area contributed by atoms with Crippen LogP contribution in [-0.4, -0.2) is 41.2 Å². The first kappa shape index (κ1) is 23.6. The second kappa shape index (κ2) is 10.9. The highest BCUT2D eigenvalue weighted by Gasteiger charge is 2.16. The van der Waals surface area contributed by atoms with Crippen molar-refractivity contribution >= 4 is 43.5 Å². The predicted molar refractivity (Wildman–Crippen MR) is 115 cm³/mol. The van der Waals surface area contributed by atoms with Crippen molar-refractivity contribution in [2.45, 2.75) is 17.9 Å². The minimum Gasteiger partial charge on any atom is -0.482 e. The van der Waals surface area contributed by atoms with E-state index in [0.29, 0.717) is 0 Å². The molecule has 29 heavy (non-hydrogen) atoms. The number of hydrogen-bond donors (Lipinski definition) is 2. The minimum absolute atomic E-state index is 0.00122. The highest BCUT2D eigenvalue weighted by atomic mass is 79.9. The molecular weight excluding hydrogens is 484 g/mol. The van der Waals surface area contributed by atoms with Crippen LogP contribution in [0.15, 0.2) is 51.8 Å². The normalized spacial score (nSPS) is 12.4. The van der Waals surface area contributed by atoms with Crippen molar-refractivity contribution in [1.82, 2.24) is 10.0 Å². The van der Waals surface area contributed by atoms with Gasteiger partial charge in [0.15, 0.2) is 6.61 Å². The highest BCUT2D eigenvalue weighted by molar-refractivity contribution is 9.10. The van der Waals surface area contributed by atoms with Crippen LogP contribution in [-0.2, 0) is 19.6 Å². The molecule has 1 amide bonds. The molecule has 0 aliphatic heterocycles. The number of methoxy groups -OCH3 is 1. The third-order valence-corrected chi connectivity index (χ3v) is 6.14. The fourth-order valence-corrected chi connectivity index (χ4v) is 4.17. The number of hydrogen-bond acceptors (Lipinski definition) is 5. The van der Waals surface area contributed by atoms with Crippen molar-refractivity contribution in [3.8, 4) is 5.75 Å². The Bertz CT molecular complexity index is 955. The summed E-state index contributed by atoms with van der Waals surface area (Å²) in [5, 5.41) is 2.92. The number of benzene rings is 2. The van der Waals surface area contributed by atoms with Gasteiger partial charge in [0.05, 0.1) is 22.6 Å². The van der Waals surface area contributed by atoms with Crippen molar-refractivity contribution in [3.05, 3.63) is 57.5 Å². The molecule has 158 valence electrons. The average Bonchev–Trinajstić information content (AvgIpc) is 2.67. The van der Waals surface area contributed by atoms with E-state index in [4.69, 9.17) is 21.1 Å². The van der Waals surface area contributed by atoms with E-state index in [1.54, 1.807) is 0 Å². The lowest BCUT2D eigenvalue weighted by Crippen LogP contribution is -2.31. The van der Waals surface area contributed by atoms with Gasteiger partial charge in [-0.1, -0.05) is 39.7 Å². The van der Waals surface area contributed by atoms with Gasteiger partial charge in [-0.15, -0.1) is 0 Å². The van der Waals surface area contributed by atoms with Gasteiger partial charge < -0.3 is 14.8 Å². The van der Waals surface area contributed by atoms with E-state index in [1.165, 1.54) is 25.3 Å². The molecule has 7 nitrogen and oxygen atoms in total. The molecule has 0 saturated heterocycles. The van der Waals surface area contributed by atoms with Crippen LogP contribution in [0.3, 0.4) is 0 Å². The Labute approximate surface area is 183 Å². The number of sulfonamides is 1. The zero-order valence-electron chi connectivity index (χ0n) is 15.9. The molecule has 0 spiro atoms. The lowest BCUT2D eigenvalue weighted by Gasteiger charge is -2.15. The number of halogens is 2. The molecule has 2 rings (SSSR count). The first-order chi connectivity index (χ1) is 13.7. The molecule has 1 atom stereocenters. The molecule has 2 aromatic carbocycles. The van der Waals surface area contributed by atoms with E-state index in [2.05, 4.69) is 26.0 Å². The average molecular weight is 506 g/mol. The second-order valence-corrected chi connectivity index (χ2v) is 9.21. The second-order valence-electron chi connectivity index (χ2n) is 6.12. The van der Waals surface area contributed by atoms with E-state index in [0.717, 1.165) is 10.0 Å². The summed E-state index contributed by atoms with van der Waals surface area (Å²) in [7, 11) is -2.23. The maximum absolute atomic E-state index is 12.2. The summed E-state index contributed by atoms with van der Waals surface area (Å²) in [4.78, 5) is 12.2. The molecule has 0 unspecified atom stereocenters. The Hall–Kier alpha value is -1.65. The monoisotopic (exact) mass is 504 g/mol. The zero-order valence-corrected chi connectivity index (χ0v) is 19.1. The maximum atomic E-state index is 12.2. The Morgan fingerprint density at radius 3 is 2.66 bits per heavy atom. The van der Waals surface area contributed by atoms with Crippen molar-refractivity contribution < 1.29 is 22.7 Å². The minimum atomic E-state index is -3.71. The maximum Gasteiger partial charge on any atom is 0.258 e. The van der Waals surface area contributed by atoms with Crippen LogP contribution in [0.25, 0.3) is 0 Å². The first-order valence-electron chi connectivity index (χ1n) is 8.68. The third-order valence-electron chi connectivity index (χ3n) is 3.90. The highest BCUT2D eigenvalue weighted by Crippen LogP contribution is 2.27. The Kier molecular flexibility index (Phi) is 8.91. The first-order valence-corrected chi connectivity index (χ1v) is 11.3. The van der Waals surface area contributed by atoms with Crippen LogP contribution >= 0.6 is 27.5 Å². The van der Waals surface area contributed by atoms with Gasteiger partial charge in [-0.3, -0.25) is 4.79 Å². The van der Waals surface area contributed by atoms with Gasteiger partial charge in [0.2, 0.25) is 10.0 Å². The summed E-state index contributed by atoms with van der Waals surface area (Å²) >= 11 is 9.52. The topological polar surface area (TPSA) is 93.7 Å². The van der Waals surface area contributed by atoms with Gasteiger partial charge in [-0.25, -0.2) is 13.1 Å². The van der Waals surface area contributed by atoms with Gasteiger partial charge in [0.1, 0.15) is 5.75 Å². The number of rotatable bonds is 10. The number of carbonyl (C=O) groups is 1. The molecule has 0 bridgehead atoms. The van der Waals surface area contributed by atoms with Gasteiger partial charge in [-0.2, -0.15) is 0 Å². The third kappa shape index (κ3) is 7.27. The summed E-state index contributed by atoms with van der Waals surface area (Å²) in [6.45, 7) is 2.01. The number of carbonyl (C=O) groups excluding carboxylic acids is 1. The molecule has 0 saturated carbocycles. The molecule has 2 aromatic rings. The van der Waals surface area contributed by atoms with E-state index >= 15 is 0 Å². The van der Waals surface area contributed by atoms with E-state index in [9.17, 15) is 13.2 Å². The lowest BCUT2D eigenvalue weighted by atomic mass is 10.1. The number of amides is 1. The Morgan fingerprint density at radius 2 is 2.00 bits per heavy atom. The summed E-state index contributed by atoms with van der Waals surface area (Å²) in [5.41, 5.74) is 0.946. The van der Waals surface area contributed by atoms with Crippen LogP contribution in [0.5, 0.6) is 5.75 Å². The van der Waals surface area contributed by atoms with Crippen LogP contribution in [0, 0.1) is 0 Å². The molecule has 0 heterocycles. The SMILES string of the molecule is COCCNS(=O)(=O)c1ccc(OCC(=O)N[C@@H](C)c2cccc(Br)c2)c(Cl)c1. The predicted octanol–water partition coefficient (Wildman–Crippen LogP) is 3.28. The Balaban J connectivity index is 1.94. The Morgan fingerprint density at radius 1 is 1.24 bits per heavy atom. The molecule has 0 aromatic heterocycles. The van der Waals surface area contributed by atoms with Crippen LogP contribution in [0.2, 0.25) is 5.02 Å². The molecule has 2 N–H and O–H groups in total. The summed E-state index contributed by atoms with van der Waals surface area (Å²) < 4.78 is 37.9. The van der Waals surface area contributed by atoms with E-state index in [1.807, 2.05) is 31.2 Å². The lowest BCUT2D eigenvalue weighted by molar-refractivity contribution is -0.123. The molecule has 0 aliphatic carbocycles. The quantitative estimate of drug-likeness (QED) is 0.483. The number of nitrogens with one attached hydrogen (secondary N) is 2. The summed E-state index contributed by atoms with van der Waals surface area (Å²) in [6, 6.07) is 11.5. The van der Waals surface area contributed by atoms with Gasteiger partial charge in [0.25, 0.3) is 5.91 Å². The van der Waals surface area contributed by atoms with Gasteiger partial charge in [0, 0.05) is 18.1 Å². The van der Waals surface area contributed by atoms with Gasteiger partial charge in [-0.05, 0) is 42.8 Å². The zero-order chi connectivity index (χ0) is 21.4. The molecular formula is C19H22BrClN2O5S. The molecule has 0 fully saturated rings. The van der Waals surface area contributed by atoms with E-state index < -0.39 is 10.0 Å². The standard InChI is InChI=1S/C19H22BrClN2O5S/c1-13(14-4-3-5-15(20)10-14)23-19(24)12-28-18-7-6-16(11-17(18)21)29(25,26)22-8-9-27-2/h3-7,10-11,13,22H,8-9,12H2,1-2H3,(H,23,24)/t13-/m0/s1. The molecule has 10 heteroatoms. The molecule has 0 aliphatic rings. The van der Waals surface area contributed by atoms with Crippen molar-refractivity contribution in [1.29, 1.82) is 0 Å². The number of ether oxygens (including phenoxy) is 2. The van der Waals surface area contributed by atoms with Crippen molar-refractivity contribution in [2.24, 2.45) is 0 Å². The van der Waals surface area contributed by atoms with E-state index in [-0.39, 0.29) is 47.4 Å². The largest absolute Gasteiger partial charge is 0.482 e.